The Morgan fingerprint density at radius 1 is 0.524 bits per heavy atom. The van der Waals surface area contributed by atoms with E-state index >= 15 is 0 Å². The van der Waals surface area contributed by atoms with Crippen LogP contribution in [0.25, 0.3) is 22.4 Å². The number of rotatable bonds is 2. The van der Waals surface area contributed by atoms with Crippen molar-refractivity contribution in [2.45, 2.75) is 5.41 Å². The van der Waals surface area contributed by atoms with Crippen molar-refractivity contribution in [3.63, 3.8) is 0 Å². The summed E-state index contributed by atoms with van der Waals surface area (Å²) in [5, 5.41) is 19.5. The van der Waals surface area contributed by atoms with Crippen LogP contribution in [0.5, 0.6) is 0 Å². The summed E-state index contributed by atoms with van der Waals surface area (Å²) in [6.45, 7) is 0. The average molecular weight is 535 g/mol. The van der Waals surface area contributed by atoms with Gasteiger partial charge in [-0.05, 0) is 57.6 Å². The van der Waals surface area contributed by atoms with Crippen molar-refractivity contribution in [3.8, 4) is 34.5 Å². The van der Waals surface area contributed by atoms with Gasteiger partial charge in [-0.1, -0.05) is 103 Å². The van der Waals surface area contributed by atoms with Gasteiger partial charge in [0.1, 0.15) is 12.1 Å². The minimum absolute atomic E-state index is 0.363. The maximum absolute atomic E-state index is 10.0. The second kappa shape index (κ2) is 9.03. The second-order valence-electron chi connectivity index (χ2n) is 10.6. The summed E-state index contributed by atoms with van der Waals surface area (Å²) in [4.78, 5) is 6.92. The zero-order valence-corrected chi connectivity index (χ0v) is 22.5. The lowest BCUT2D eigenvalue weighted by atomic mass is 9.64. The Labute approximate surface area is 244 Å². The number of anilines is 3. The number of nitrogens with zero attached hydrogens (tertiary/aromatic N) is 4. The number of aromatic nitrogens is 1. The van der Waals surface area contributed by atoms with E-state index in [2.05, 4.69) is 125 Å². The number of para-hydroxylation sites is 3. The lowest BCUT2D eigenvalue weighted by molar-refractivity contribution is 0.752. The largest absolute Gasteiger partial charge is 0.309 e. The third kappa shape index (κ3) is 3.07. The predicted molar refractivity (Wildman–Crippen MR) is 165 cm³/mol. The van der Waals surface area contributed by atoms with Gasteiger partial charge >= 0.3 is 0 Å². The Kier molecular flexibility index (Phi) is 5.13. The van der Waals surface area contributed by atoms with Gasteiger partial charge in [0.05, 0.1) is 39.3 Å². The van der Waals surface area contributed by atoms with E-state index in [-0.39, 0.29) is 0 Å². The highest BCUT2D eigenvalue weighted by atomic mass is 15.2. The SMILES string of the molecule is N#Cc1cnc(-c2ccccc2N2c3ccccc3C3(c4ccccc4-c4ccccc43)c3ccccc32)c(C#N)c1. The van der Waals surface area contributed by atoms with Gasteiger partial charge in [-0.15, -0.1) is 0 Å². The maximum Gasteiger partial charge on any atom is 0.101 e. The van der Waals surface area contributed by atoms with Crippen LogP contribution in [0.15, 0.2) is 134 Å². The normalized spacial score (nSPS) is 13.3. The predicted octanol–water partition coefficient (Wildman–Crippen LogP) is 8.64. The molecule has 4 heteroatoms. The Bertz CT molecular complexity index is 2050. The van der Waals surface area contributed by atoms with E-state index in [0.717, 1.165) is 22.6 Å². The molecule has 6 aromatic rings. The summed E-state index contributed by atoms with van der Waals surface area (Å²) < 4.78 is 0. The van der Waals surface area contributed by atoms with Crippen molar-refractivity contribution in [3.05, 3.63) is 167 Å². The lowest BCUT2D eigenvalue weighted by Crippen LogP contribution is -2.36. The fourth-order valence-corrected chi connectivity index (χ4v) is 7.02. The summed E-state index contributed by atoms with van der Waals surface area (Å²) in [5.74, 6) is 0. The molecule has 8 rings (SSSR count). The Hall–Kier alpha value is -5.97. The molecule has 1 aliphatic heterocycles. The topological polar surface area (TPSA) is 63.7 Å². The summed E-state index contributed by atoms with van der Waals surface area (Å²) in [6, 6.07) is 48.9. The fraction of sp³-hybridized carbons (Fsp3) is 0.0263. The standard InChI is InChI=1S/C38H22N4/c39-22-25-21-26(23-40)37(41-24-25)29-13-3-8-18-34(29)42-35-19-9-6-16-32(35)38(33-17-7-10-20-36(33)42)30-14-4-1-11-27(30)28-12-2-5-15-31(28)38/h1-21,24H. The summed E-state index contributed by atoms with van der Waals surface area (Å²) in [5.41, 5.74) is 12.1. The molecule has 0 saturated heterocycles. The second-order valence-corrected chi connectivity index (χ2v) is 10.6. The number of benzene rings is 5. The summed E-state index contributed by atoms with van der Waals surface area (Å²) in [6.07, 6.45) is 1.53. The first-order chi connectivity index (χ1) is 20.8. The van der Waals surface area contributed by atoms with E-state index in [1.54, 1.807) is 6.07 Å². The minimum Gasteiger partial charge on any atom is -0.309 e. The number of pyridine rings is 1. The molecule has 0 fully saturated rings. The smallest absolute Gasteiger partial charge is 0.101 e. The highest BCUT2D eigenvalue weighted by Crippen LogP contribution is 2.63. The Morgan fingerprint density at radius 2 is 1.00 bits per heavy atom. The molecule has 2 heterocycles. The van der Waals surface area contributed by atoms with Crippen molar-refractivity contribution in [1.82, 2.24) is 4.98 Å². The quantitative estimate of drug-likeness (QED) is 0.223. The van der Waals surface area contributed by atoms with Gasteiger partial charge in [-0.25, -0.2) is 0 Å². The van der Waals surface area contributed by atoms with Gasteiger partial charge in [0.25, 0.3) is 0 Å². The van der Waals surface area contributed by atoms with Gasteiger partial charge in [0, 0.05) is 11.8 Å². The first-order valence-corrected chi connectivity index (χ1v) is 13.9. The highest BCUT2D eigenvalue weighted by molar-refractivity contribution is 5.98. The van der Waals surface area contributed by atoms with E-state index in [1.807, 2.05) is 18.2 Å². The number of fused-ring (bicyclic) bond motifs is 9. The molecule has 4 nitrogen and oxygen atoms in total. The highest BCUT2D eigenvalue weighted by Gasteiger charge is 2.51. The molecule has 2 aliphatic rings. The maximum atomic E-state index is 10.0. The average Bonchev–Trinajstić information content (AvgIpc) is 3.36. The van der Waals surface area contributed by atoms with Crippen molar-refractivity contribution in [2.24, 2.45) is 0 Å². The Balaban J connectivity index is 1.46. The van der Waals surface area contributed by atoms with Crippen LogP contribution >= 0.6 is 0 Å². The van der Waals surface area contributed by atoms with Crippen molar-refractivity contribution in [2.75, 3.05) is 4.90 Å². The molecule has 5 aromatic carbocycles. The molecule has 1 aliphatic carbocycles. The van der Waals surface area contributed by atoms with E-state index in [1.165, 1.54) is 39.6 Å². The summed E-state index contributed by atoms with van der Waals surface area (Å²) in [7, 11) is 0. The third-order valence-electron chi connectivity index (χ3n) is 8.59. The first-order valence-electron chi connectivity index (χ1n) is 13.9. The summed E-state index contributed by atoms with van der Waals surface area (Å²) >= 11 is 0. The van der Waals surface area contributed by atoms with Crippen LogP contribution in [0.1, 0.15) is 33.4 Å². The van der Waals surface area contributed by atoms with E-state index in [4.69, 9.17) is 0 Å². The van der Waals surface area contributed by atoms with E-state index < -0.39 is 5.41 Å². The van der Waals surface area contributed by atoms with Crippen LogP contribution in [0.4, 0.5) is 17.1 Å². The van der Waals surface area contributed by atoms with Crippen LogP contribution in [0, 0.1) is 22.7 Å². The third-order valence-corrected chi connectivity index (χ3v) is 8.59. The molecular weight excluding hydrogens is 512 g/mol. The molecule has 0 atom stereocenters. The molecule has 0 N–H and O–H groups in total. The molecule has 194 valence electrons. The zero-order valence-electron chi connectivity index (χ0n) is 22.5. The van der Waals surface area contributed by atoms with Gasteiger partial charge in [-0.2, -0.15) is 10.5 Å². The number of nitriles is 2. The molecule has 0 saturated carbocycles. The van der Waals surface area contributed by atoms with Gasteiger partial charge in [0.2, 0.25) is 0 Å². The molecular formula is C38H22N4. The van der Waals surface area contributed by atoms with Crippen LogP contribution in [-0.2, 0) is 5.41 Å². The van der Waals surface area contributed by atoms with Crippen LogP contribution in [0.3, 0.4) is 0 Å². The molecule has 1 spiro atoms. The molecule has 42 heavy (non-hydrogen) atoms. The molecule has 1 aromatic heterocycles. The van der Waals surface area contributed by atoms with Crippen LogP contribution in [-0.4, -0.2) is 4.98 Å². The van der Waals surface area contributed by atoms with Crippen molar-refractivity contribution >= 4 is 17.1 Å². The Morgan fingerprint density at radius 3 is 1.55 bits per heavy atom. The van der Waals surface area contributed by atoms with Gasteiger partial charge in [-0.3, -0.25) is 4.98 Å². The van der Waals surface area contributed by atoms with Crippen molar-refractivity contribution in [1.29, 1.82) is 10.5 Å². The van der Waals surface area contributed by atoms with Gasteiger partial charge in [0.15, 0.2) is 0 Å². The number of hydrogen-bond acceptors (Lipinski definition) is 4. The van der Waals surface area contributed by atoms with E-state index in [0.29, 0.717) is 16.8 Å². The first kappa shape index (κ1) is 23.9. The van der Waals surface area contributed by atoms with Crippen molar-refractivity contribution < 1.29 is 0 Å². The minimum atomic E-state index is -0.490. The monoisotopic (exact) mass is 534 g/mol. The molecule has 0 unspecified atom stereocenters. The molecule has 0 bridgehead atoms. The van der Waals surface area contributed by atoms with Crippen LogP contribution < -0.4 is 4.90 Å². The fourth-order valence-electron chi connectivity index (χ4n) is 7.02. The zero-order chi connectivity index (χ0) is 28.3. The molecule has 0 radical (unpaired) electrons. The van der Waals surface area contributed by atoms with Gasteiger partial charge < -0.3 is 4.90 Å². The van der Waals surface area contributed by atoms with Crippen LogP contribution in [0.2, 0.25) is 0 Å². The van der Waals surface area contributed by atoms with E-state index in [9.17, 15) is 10.5 Å². The lowest BCUT2D eigenvalue weighted by Gasteiger charge is -2.45. The number of hydrogen-bond donors (Lipinski definition) is 0. The molecule has 0 amide bonds.